The Morgan fingerprint density at radius 3 is 2.42 bits per heavy atom. The van der Waals surface area contributed by atoms with Crippen LogP contribution in [0.2, 0.25) is 0 Å². The molecule has 7 N–H and O–H groups in total. The molecule has 1 aromatic carbocycles. The number of hydrogen-bond acceptors (Lipinski definition) is 6. The predicted octanol–water partition coefficient (Wildman–Crippen LogP) is 1.44. The SMILES string of the molecule is O=P(O)(O)/N=C1\C=C(O)C=C(O)C1C(O)(O)CCCc1cccc(O)c1. The quantitative estimate of drug-likeness (QED) is 0.285. The van der Waals surface area contributed by atoms with E-state index in [2.05, 4.69) is 4.76 Å². The first kappa shape index (κ1) is 20.2. The number of aromatic hydroxyl groups is 1. The van der Waals surface area contributed by atoms with E-state index in [4.69, 9.17) is 9.79 Å². The second-order valence-corrected chi connectivity index (χ2v) is 7.24. The molecule has 142 valence electrons. The summed E-state index contributed by atoms with van der Waals surface area (Å²) in [6.07, 6.45) is 2.05. The van der Waals surface area contributed by atoms with Crippen LogP contribution >= 0.6 is 7.75 Å². The van der Waals surface area contributed by atoms with Gasteiger partial charge in [-0.2, -0.15) is 4.76 Å². The lowest BCUT2D eigenvalue weighted by atomic mass is 9.84. The van der Waals surface area contributed by atoms with Crippen LogP contribution in [0.4, 0.5) is 0 Å². The van der Waals surface area contributed by atoms with Crippen molar-refractivity contribution in [3.05, 3.63) is 53.5 Å². The molecule has 0 saturated carbocycles. The minimum Gasteiger partial charge on any atom is -0.511 e. The largest absolute Gasteiger partial charge is 0.511 e. The number of rotatable bonds is 6. The average molecular weight is 385 g/mol. The van der Waals surface area contributed by atoms with E-state index in [-0.39, 0.29) is 18.6 Å². The van der Waals surface area contributed by atoms with Gasteiger partial charge in [0.1, 0.15) is 23.2 Å². The Bertz CT molecular complexity index is 808. The van der Waals surface area contributed by atoms with Crippen LogP contribution in [-0.4, -0.2) is 46.8 Å². The number of aryl methyl sites for hydroxylation is 1. The number of allylic oxidation sites excluding steroid dienone is 2. The first-order chi connectivity index (χ1) is 12.0. The second-order valence-electron chi connectivity index (χ2n) is 6.01. The highest BCUT2D eigenvalue weighted by Gasteiger charge is 2.42. The molecule has 0 spiro atoms. The topological polar surface area (TPSA) is 171 Å². The maximum atomic E-state index is 11.1. The van der Waals surface area contributed by atoms with Gasteiger partial charge in [-0.05, 0) is 30.5 Å². The molecule has 1 aliphatic carbocycles. The van der Waals surface area contributed by atoms with Gasteiger partial charge in [0.25, 0.3) is 0 Å². The Morgan fingerprint density at radius 1 is 1.12 bits per heavy atom. The maximum Gasteiger partial charge on any atom is 0.448 e. The number of phenols is 1. The van der Waals surface area contributed by atoms with Crippen molar-refractivity contribution >= 4 is 13.5 Å². The molecule has 1 atom stereocenters. The Labute approximate surface area is 149 Å². The molecule has 1 aromatic rings. The molecule has 9 nitrogen and oxygen atoms in total. The zero-order valence-corrected chi connectivity index (χ0v) is 14.5. The molecule has 2 rings (SSSR count). The van der Waals surface area contributed by atoms with Crippen LogP contribution in [-0.2, 0) is 11.0 Å². The van der Waals surface area contributed by atoms with Gasteiger partial charge >= 0.3 is 7.75 Å². The lowest BCUT2D eigenvalue weighted by Gasteiger charge is -2.32. The van der Waals surface area contributed by atoms with Crippen LogP contribution in [0.15, 0.2) is 52.7 Å². The van der Waals surface area contributed by atoms with Crippen LogP contribution in [0.3, 0.4) is 0 Å². The number of aliphatic hydroxyl groups is 4. The molecular weight excluding hydrogens is 365 g/mol. The summed E-state index contributed by atoms with van der Waals surface area (Å²) in [5, 5.41) is 49.6. The Kier molecular flexibility index (Phi) is 5.90. The highest BCUT2D eigenvalue weighted by molar-refractivity contribution is 7.50. The maximum absolute atomic E-state index is 11.1. The van der Waals surface area contributed by atoms with Gasteiger partial charge in [-0.3, -0.25) is 0 Å². The zero-order valence-electron chi connectivity index (χ0n) is 13.6. The van der Waals surface area contributed by atoms with Crippen molar-refractivity contribution in [2.24, 2.45) is 10.7 Å². The van der Waals surface area contributed by atoms with E-state index in [1.54, 1.807) is 12.1 Å². The van der Waals surface area contributed by atoms with E-state index in [1.165, 1.54) is 12.1 Å². The van der Waals surface area contributed by atoms with Crippen molar-refractivity contribution in [1.29, 1.82) is 0 Å². The molecule has 0 radical (unpaired) electrons. The summed E-state index contributed by atoms with van der Waals surface area (Å²) in [5.74, 6) is -5.33. The van der Waals surface area contributed by atoms with E-state index < -0.39 is 36.7 Å². The highest BCUT2D eigenvalue weighted by atomic mass is 31.2. The second kappa shape index (κ2) is 7.61. The van der Waals surface area contributed by atoms with Gasteiger partial charge in [0.2, 0.25) is 0 Å². The molecule has 0 aromatic heterocycles. The van der Waals surface area contributed by atoms with Gasteiger partial charge in [-0.25, -0.2) is 4.57 Å². The van der Waals surface area contributed by atoms with Crippen molar-refractivity contribution in [3.8, 4) is 5.75 Å². The van der Waals surface area contributed by atoms with Crippen molar-refractivity contribution in [2.75, 3.05) is 0 Å². The van der Waals surface area contributed by atoms with E-state index in [1.807, 2.05) is 0 Å². The third kappa shape index (κ3) is 5.42. The molecule has 0 amide bonds. The predicted molar refractivity (Wildman–Crippen MR) is 92.6 cm³/mol. The molecule has 26 heavy (non-hydrogen) atoms. The number of hydrogen-bond donors (Lipinski definition) is 7. The molecule has 1 aliphatic rings. The van der Waals surface area contributed by atoms with E-state index >= 15 is 0 Å². The van der Waals surface area contributed by atoms with Crippen LogP contribution in [0.25, 0.3) is 0 Å². The highest BCUT2D eigenvalue weighted by Crippen LogP contribution is 2.41. The summed E-state index contributed by atoms with van der Waals surface area (Å²) in [4.78, 5) is 18.0. The normalized spacial score (nSPS) is 20.0. The Balaban J connectivity index is 2.17. The van der Waals surface area contributed by atoms with Gasteiger partial charge < -0.3 is 35.3 Å². The summed E-state index contributed by atoms with van der Waals surface area (Å²) >= 11 is 0. The average Bonchev–Trinajstić information content (AvgIpc) is 2.43. The van der Waals surface area contributed by atoms with Crippen LogP contribution < -0.4 is 0 Å². The monoisotopic (exact) mass is 385 g/mol. The van der Waals surface area contributed by atoms with E-state index in [0.29, 0.717) is 6.42 Å². The van der Waals surface area contributed by atoms with Gasteiger partial charge in [0, 0.05) is 18.6 Å². The van der Waals surface area contributed by atoms with Gasteiger partial charge in [-0.1, -0.05) is 12.1 Å². The summed E-state index contributed by atoms with van der Waals surface area (Å²) < 4.78 is 14.2. The number of benzene rings is 1. The summed E-state index contributed by atoms with van der Waals surface area (Å²) in [6.45, 7) is 0. The third-order valence-corrected chi connectivity index (χ3v) is 4.30. The van der Waals surface area contributed by atoms with Crippen molar-refractivity contribution in [1.82, 2.24) is 0 Å². The van der Waals surface area contributed by atoms with Crippen LogP contribution in [0.1, 0.15) is 18.4 Å². The molecule has 1 unspecified atom stereocenters. The Hall–Kier alpha value is -2.16. The lowest BCUT2D eigenvalue weighted by Crippen LogP contribution is -2.44. The molecule has 0 saturated heterocycles. The van der Waals surface area contributed by atoms with E-state index in [0.717, 1.165) is 17.7 Å². The Morgan fingerprint density at radius 2 is 1.81 bits per heavy atom. The zero-order chi connectivity index (χ0) is 19.5. The standard InChI is InChI=1S/C16H20NO8P/c18-11-5-1-3-10(7-11)4-2-6-16(21,22)15-13(17-26(23,24)25)8-12(19)9-14(15)20/h1,3,5,7-9,15,18-22H,2,4,6H2,(H2,23,24,25)/b17-13+. The fraction of sp³-hybridized carbons (Fsp3) is 0.312. The molecular formula is C16H20NO8P. The minimum absolute atomic E-state index is 0.0753. The summed E-state index contributed by atoms with van der Waals surface area (Å²) in [7, 11) is -4.93. The number of nitrogens with zero attached hydrogens (tertiary/aromatic N) is 1. The number of phenolic OH excluding ortho intramolecular Hbond substituents is 1. The van der Waals surface area contributed by atoms with Crippen molar-refractivity contribution < 1.29 is 39.9 Å². The minimum atomic E-state index is -4.93. The van der Waals surface area contributed by atoms with Gasteiger partial charge in [-0.15, -0.1) is 0 Å². The first-order valence-electron chi connectivity index (χ1n) is 7.67. The molecule has 0 aliphatic heterocycles. The van der Waals surface area contributed by atoms with E-state index in [9.17, 15) is 30.1 Å². The van der Waals surface area contributed by atoms with Crippen molar-refractivity contribution in [3.63, 3.8) is 0 Å². The summed E-state index contributed by atoms with van der Waals surface area (Å²) in [6, 6.07) is 6.41. The molecule has 0 bridgehead atoms. The molecule has 0 heterocycles. The third-order valence-electron chi connectivity index (χ3n) is 3.81. The fourth-order valence-electron chi connectivity index (χ4n) is 2.78. The first-order valence-corrected chi connectivity index (χ1v) is 9.24. The fourth-order valence-corrected chi connectivity index (χ4v) is 3.26. The number of aliphatic hydroxyl groups excluding tert-OH is 2. The van der Waals surface area contributed by atoms with Gasteiger partial charge in [0.15, 0.2) is 5.79 Å². The lowest BCUT2D eigenvalue weighted by molar-refractivity contribution is -0.186. The smallest absolute Gasteiger partial charge is 0.448 e. The van der Waals surface area contributed by atoms with Crippen LogP contribution in [0, 0.1) is 5.92 Å². The van der Waals surface area contributed by atoms with Crippen molar-refractivity contribution in [2.45, 2.75) is 25.0 Å². The van der Waals surface area contributed by atoms with Gasteiger partial charge in [0.05, 0.1) is 5.71 Å². The summed E-state index contributed by atoms with van der Waals surface area (Å²) in [5.41, 5.74) is 0.212. The molecule has 0 fully saturated rings. The van der Waals surface area contributed by atoms with Crippen LogP contribution in [0.5, 0.6) is 5.75 Å². The molecule has 10 heteroatoms.